The molecule has 8 heteroatoms. The Hall–Kier alpha value is -2.22. The molecule has 2 heterocycles. The summed E-state index contributed by atoms with van der Waals surface area (Å²) in [5.74, 6) is 0.587. The van der Waals surface area contributed by atoms with Gasteiger partial charge in [0.15, 0.2) is 23.0 Å². The Morgan fingerprint density at radius 2 is 2.25 bits per heavy atom. The smallest absolute Gasteiger partial charge is 0.358 e. The SMILES string of the molecule is COc1c(-c2cc(C(=O)O)no2)cc2c(c1Br)OCO2. The van der Waals surface area contributed by atoms with Crippen molar-refractivity contribution in [2.75, 3.05) is 13.9 Å². The summed E-state index contributed by atoms with van der Waals surface area (Å²) in [6, 6.07) is 2.97. The first-order chi connectivity index (χ1) is 9.61. The van der Waals surface area contributed by atoms with Crippen LogP contribution in [0, 0.1) is 0 Å². The molecule has 0 aliphatic carbocycles. The highest BCUT2D eigenvalue weighted by molar-refractivity contribution is 9.10. The highest BCUT2D eigenvalue weighted by Gasteiger charge is 2.26. The van der Waals surface area contributed by atoms with Crippen LogP contribution in [0.5, 0.6) is 17.2 Å². The van der Waals surface area contributed by atoms with Crippen LogP contribution in [-0.2, 0) is 0 Å². The van der Waals surface area contributed by atoms with Crippen molar-refractivity contribution in [1.82, 2.24) is 5.16 Å². The van der Waals surface area contributed by atoms with E-state index < -0.39 is 5.97 Å². The molecule has 0 saturated carbocycles. The molecular formula is C12H8BrNO6. The number of methoxy groups -OCH3 is 1. The maximum atomic E-state index is 10.8. The van der Waals surface area contributed by atoms with E-state index in [0.29, 0.717) is 27.3 Å². The lowest BCUT2D eigenvalue weighted by Crippen LogP contribution is -1.94. The fourth-order valence-electron chi connectivity index (χ4n) is 1.87. The van der Waals surface area contributed by atoms with Gasteiger partial charge < -0.3 is 23.8 Å². The lowest BCUT2D eigenvalue weighted by Gasteiger charge is -2.10. The average molecular weight is 342 g/mol. The van der Waals surface area contributed by atoms with Crippen molar-refractivity contribution in [2.45, 2.75) is 0 Å². The number of ether oxygens (including phenoxy) is 3. The number of rotatable bonds is 3. The second kappa shape index (κ2) is 4.71. The number of fused-ring (bicyclic) bond motifs is 1. The number of carboxylic acids is 1. The Morgan fingerprint density at radius 3 is 2.90 bits per heavy atom. The first-order valence-corrected chi connectivity index (χ1v) is 6.27. The Bertz CT molecular complexity index is 695. The zero-order chi connectivity index (χ0) is 14.3. The molecule has 20 heavy (non-hydrogen) atoms. The maximum Gasteiger partial charge on any atom is 0.358 e. The van der Waals surface area contributed by atoms with E-state index in [-0.39, 0.29) is 18.2 Å². The van der Waals surface area contributed by atoms with E-state index >= 15 is 0 Å². The quantitative estimate of drug-likeness (QED) is 0.916. The number of nitrogens with zero attached hydrogens (tertiary/aromatic N) is 1. The van der Waals surface area contributed by atoms with Gasteiger partial charge in [-0.1, -0.05) is 5.16 Å². The largest absolute Gasteiger partial charge is 0.495 e. The Morgan fingerprint density at radius 1 is 1.45 bits per heavy atom. The van der Waals surface area contributed by atoms with Gasteiger partial charge in [-0.05, 0) is 22.0 Å². The van der Waals surface area contributed by atoms with E-state index in [2.05, 4.69) is 21.1 Å². The third kappa shape index (κ3) is 1.88. The van der Waals surface area contributed by atoms with E-state index in [1.165, 1.54) is 13.2 Å². The fraction of sp³-hybridized carbons (Fsp3) is 0.167. The van der Waals surface area contributed by atoms with Crippen molar-refractivity contribution in [3.8, 4) is 28.6 Å². The summed E-state index contributed by atoms with van der Waals surface area (Å²) in [5.41, 5.74) is 0.333. The van der Waals surface area contributed by atoms with Gasteiger partial charge in [-0.15, -0.1) is 0 Å². The van der Waals surface area contributed by atoms with Crippen molar-refractivity contribution in [3.63, 3.8) is 0 Å². The standard InChI is InChI=1S/C12H8BrNO6/c1-17-10-5(7-3-6(12(15)16)14-20-7)2-8-11(9(10)13)19-4-18-8/h2-3H,4H2,1H3,(H,15,16). The number of hydrogen-bond donors (Lipinski definition) is 1. The molecule has 1 aliphatic heterocycles. The molecule has 0 amide bonds. The minimum Gasteiger partial charge on any atom is -0.495 e. The van der Waals surface area contributed by atoms with Crippen LogP contribution >= 0.6 is 15.9 Å². The van der Waals surface area contributed by atoms with Crippen LogP contribution < -0.4 is 14.2 Å². The van der Waals surface area contributed by atoms with Crippen LogP contribution in [0.3, 0.4) is 0 Å². The maximum absolute atomic E-state index is 10.8. The molecule has 7 nitrogen and oxygen atoms in total. The summed E-state index contributed by atoms with van der Waals surface area (Å²) in [6.07, 6.45) is 0. The number of carboxylic acid groups (broad SMARTS) is 1. The number of aromatic nitrogens is 1. The third-order valence-corrected chi connectivity index (χ3v) is 3.48. The van der Waals surface area contributed by atoms with Gasteiger partial charge in [-0.2, -0.15) is 0 Å². The topological polar surface area (TPSA) is 91.0 Å². The molecule has 0 fully saturated rings. The summed E-state index contributed by atoms with van der Waals surface area (Å²) in [5, 5.41) is 12.3. The molecule has 1 aromatic carbocycles. The Labute approximate surface area is 121 Å². The number of halogens is 1. The molecule has 0 bridgehead atoms. The number of benzene rings is 1. The second-order valence-electron chi connectivity index (χ2n) is 3.89. The van der Waals surface area contributed by atoms with E-state index in [1.807, 2.05) is 0 Å². The Kier molecular flexibility index (Phi) is 3.01. The molecule has 0 saturated heterocycles. The minimum atomic E-state index is -1.17. The summed E-state index contributed by atoms with van der Waals surface area (Å²) in [4.78, 5) is 10.8. The zero-order valence-corrected chi connectivity index (χ0v) is 11.8. The van der Waals surface area contributed by atoms with E-state index in [9.17, 15) is 4.79 Å². The Balaban J connectivity index is 2.17. The van der Waals surface area contributed by atoms with Gasteiger partial charge in [-0.25, -0.2) is 4.79 Å². The van der Waals surface area contributed by atoms with Crippen molar-refractivity contribution in [3.05, 3.63) is 22.3 Å². The summed E-state index contributed by atoms with van der Waals surface area (Å²) >= 11 is 3.37. The van der Waals surface area contributed by atoms with Crippen molar-refractivity contribution >= 4 is 21.9 Å². The van der Waals surface area contributed by atoms with Crippen molar-refractivity contribution < 1.29 is 28.6 Å². The number of carbonyl (C=O) groups is 1. The van der Waals surface area contributed by atoms with Crippen LogP contribution in [-0.4, -0.2) is 30.1 Å². The number of hydrogen-bond acceptors (Lipinski definition) is 6. The monoisotopic (exact) mass is 341 g/mol. The van der Waals surface area contributed by atoms with E-state index in [0.717, 1.165) is 0 Å². The van der Waals surface area contributed by atoms with Gasteiger partial charge in [-0.3, -0.25) is 0 Å². The molecule has 1 aliphatic rings. The highest BCUT2D eigenvalue weighted by Crippen LogP contribution is 2.49. The normalized spacial score (nSPS) is 12.5. The molecule has 0 unspecified atom stereocenters. The van der Waals surface area contributed by atoms with Gasteiger partial charge in [0.05, 0.1) is 12.7 Å². The lowest BCUT2D eigenvalue weighted by atomic mass is 10.1. The lowest BCUT2D eigenvalue weighted by molar-refractivity contribution is 0.0686. The molecule has 0 spiro atoms. The second-order valence-corrected chi connectivity index (χ2v) is 4.68. The zero-order valence-electron chi connectivity index (χ0n) is 10.2. The fourth-order valence-corrected chi connectivity index (χ4v) is 2.56. The summed E-state index contributed by atoms with van der Waals surface area (Å²) in [6.45, 7) is 0.108. The molecular weight excluding hydrogens is 334 g/mol. The molecule has 3 rings (SSSR count). The molecule has 1 aromatic heterocycles. The van der Waals surface area contributed by atoms with Crippen LogP contribution in [0.2, 0.25) is 0 Å². The van der Waals surface area contributed by atoms with Crippen LogP contribution in [0.15, 0.2) is 21.1 Å². The van der Waals surface area contributed by atoms with Crippen molar-refractivity contribution in [1.29, 1.82) is 0 Å². The molecule has 0 radical (unpaired) electrons. The van der Waals surface area contributed by atoms with Crippen molar-refractivity contribution in [2.24, 2.45) is 0 Å². The summed E-state index contributed by atoms with van der Waals surface area (Å²) in [7, 11) is 1.49. The van der Waals surface area contributed by atoms with Gasteiger partial charge >= 0.3 is 5.97 Å². The predicted octanol–water partition coefficient (Wildman–Crippen LogP) is 2.54. The van der Waals surface area contributed by atoms with E-state index in [4.69, 9.17) is 23.8 Å². The predicted molar refractivity (Wildman–Crippen MR) is 69.3 cm³/mol. The van der Waals surface area contributed by atoms with Gasteiger partial charge in [0.25, 0.3) is 0 Å². The van der Waals surface area contributed by atoms with Gasteiger partial charge in [0.2, 0.25) is 6.79 Å². The average Bonchev–Trinajstić information content (AvgIpc) is 3.07. The third-order valence-electron chi connectivity index (χ3n) is 2.76. The van der Waals surface area contributed by atoms with Crippen LogP contribution in [0.1, 0.15) is 10.5 Å². The van der Waals surface area contributed by atoms with Gasteiger partial charge in [0.1, 0.15) is 10.2 Å². The minimum absolute atomic E-state index is 0.108. The number of aromatic carboxylic acids is 1. The molecule has 2 aromatic rings. The van der Waals surface area contributed by atoms with Gasteiger partial charge in [0, 0.05) is 6.07 Å². The van der Waals surface area contributed by atoms with E-state index in [1.54, 1.807) is 6.07 Å². The van der Waals surface area contributed by atoms with Crippen LogP contribution in [0.4, 0.5) is 0 Å². The summed E-state index contributed by atoms with van der Waals surface area (Å²) < 4.78 is 21.5. The highest BCUT2D eigenvalue weighted by atomic mass is 79.9. The van der Waals surface area contributed by atoms with Crippen LogP contribution in [0.25, 0.3) is 11.3 Å². The molecule has 1 N–H and O–H groups in total. The first kappa shape index (κ1) is 12.8. The first-order valence-electron chi connectivity index (χ1n) is 5.48. The molecule has 0 atom stereocenters. The molecule has 104 valence electrons.